The Balaban J connectivity index is 2.28. The third-order valence-corrected chi connectivity index (χ3v) is 2.10. The number of nitrogens with two attached hydrogens (primary N) is 1. The number of anilines is 1. The molecule has 82 valence electrons. The molecule has 6 heteroatoms. The van der Waals surface area contributed by atoms with E-state index in [1.807, 2.05) is 0 Å². The molecule has 1 aromatic heterocycles. The summed E-state index contributed by atoms with van der Waals surface area (Å²) in [6.45, 7) is 0. The van der Waals surface area contributed by atoms with Crippen LogP contribution in [-0.4, -0.2) is 9.97 Å². The number of hydrogen-bond donors (Lipinski definition) is 1. The number of nitrogens with zero attached hydrogens (tertiary/aromatic N) is 2. The molecule has 4 nitrogen and oxygen atoms in total. The van der Waals surface area contributed by atoms with Crippen LogP contribution in [0.15, 0.2) is 30.7 Å². The Hall–Kier alpha value is -1.88. The topological polar surface area (TPSA) is 61.0 Å². The minimum Gasteiger partial charge on any atom is -0.437 e. The van der Waals surface area contributed by atoms with Crippen molar-refractivity contribution in [3.05, 3.63) is 41.6 Å². The molecule has 0 fully saturated rings. The Morgan fingerprint density at radius 1 is 1.38 bits per heavy atom. The van der Waals surface area contributed by atoms with Gasteiger partial charge in [-0.1, -0.05) is 11.6 Å². The van der Waals surface area contributed by atoms with E-state index in [0.29, 0.717) is 11.4 Å². The smallest absolute Gasteiger partial charge is 0.245 e. The van der Waals surface area contributed by atoms with Gasteiger partial charge in [-0.3, -0.25) is 0 Å². The fraction of sp³-hybridized carbons (Fsp3) is 0. The van der Waals surface area contributed by atoms with Crippen LogP contribution in [0, 0.1) is 5.82 Å². The molecule has 0 spiro atoms. The van der Waals surface area contributed by atoms with Crippen molar-refractivity contribution in [3.63, 3.8) is 0 Å². The van der Waals surface area contributed by atoms with Crippen LogP contribution in [0.25, 0.3) is 0 Å². The normalized spacial score (nSPS) is 10.1. The second kappa shape index (κ2) is 4.32. The molecule has 2 aromatic rings. The van der Waals surface area contributed by atoms with Crippen molar-refractivity contribution < 1.29 is 9.13 Å². The summed E-state index contributed by atoms with van der Waals surface area (Å²) >= 11 is 5.60. The minimum atomic E-state index is -0.510. The third-order valence-electron chi connectivity index (χ3n) is 1.81. The van der Waals surface area contributed by atoms with Crippen LogP contribution >= 0.6 is 11.6 Å². The number of hydrogen-bond acceptors (Lipinski definition) is 4. The zero-order valence-corrected chi connectivity index (χ0v) is 8.78. The first-order valence-corrected chi connectivity index (χ1v) is 4.73. The average molecular weight is 240 g/mol. The van der Waals surface area contributed by atoms with Gasteiger partial charge in [-0.2, -0.15) is 4.98 Å². The van der Waals surface area contributed by atoms with E-state index in [0.717, 1.165) is 0 Å². The number of benzene rings is 1. The number of aromatic nitrogens is 2. The van der Waals surface area contributed by atoms with Gasteiger partial charge in [0, 0.05) is 6.07 Å². The van der Waals surface area contributed by atoms with E-state index in [-0.39, 0.29) is 10.9 Å². The van der Waals surface area contributed by atoms with Crippen LogP contribution < -0.4 is 10.5 Å². The molecule has 16 heavy (non-hydrogen) atoms. The second-order valence-electron chi connectivity index (χ2n) is 2.96. The Kier molecular flexibility index (Phi) is 2.87. The lowest BCUT2D eigenvalue weighted by Gasteiger charge is -2.06. The maximum atomic E-state index is 12.9. The Morgan fingerprint density at radius 2 is 2.19 bits per heavy atom. The molecular formula is C10H7ClFN3O. The van der Waals surface area contributed by atoms with Crippen molar-refractivity contribution in [1.82, 2.24) is 9.97 Å². The summed E-state index contributed by atoms with van der Waals surface area (Å²) < 4.78 is 18.2. The van der Waals surface area contributed by atoms with Crippen LogP contribution in [0.2, 0.25) is 5.02 Å². The lowest BCUT2D eigenvalue weighted by atomic mass is 10.3. The summed E-state index contributed by atoms with van der Waals surface area (Å²) in [4.78, 5) is 7.55. The zero-order valence-electron chi connectivity index (χ0n) is 8.02. The van der Waals surface area contributed by atoms with Gasteiger partial charge in [-0.15, -0.1) is 0 Å². The molecular weight excluding hydrogens is 233 g/mol. The second-order valence-corrected chi connectivity index (χ2v) is 3.37. The molecule has 0 bridgehead atoms. The van der Waals surface area contributed by atoms with E-state index in [1.165, 1.54) is 30.7 Å². The summed E-state index contributed by atoms with van der Waals surface area (Å²) in [5, 5.41) is -0.0230. The molecule has 0 aliphatic rings. The molecule has 0 amide bonds. The van der Waals surface area contributed by atoms with E-state index >= 15 is 0 Å². The summed E-state index contributed by atoms with van der Waals surface area (Å²) in [5.74, 6) is 0.0548. The standard InChI is InChI=1S/C10H7ClFN3O/c11-7-3-6(1-2-8(7)12)16-10-9(13)4-14-5-15-10/h1-5H,13H2. The quantitative estimate of drug-likeness (QED) is 0.875. The van der Waals surface area contributed by atoms with Gasteiger partial charge in [-0.05, 0) is 12.1 Å². The maximum Gasteiger partial charge on any atom is 0.245 e. The molecule has 0 saturated heterocycles. The number of rotatable bonds is 2. The van der Waals surface area contributed by atoms with E-state index in [4.69, 9.17) is 22.1 Å². The zero-order chi connectivity index (χ0) is 11.5. The molecule has 2 N–H and O–H groups in total. The van der Waals surface area contributed by atoms with E-state index < -0.39 is 5.82 Å². The van der Waals surface area contributed by atoms with E-state index in [2.05, 4.69) is 9.97 Å². The Morgan fingerprint density at radius 3 is 2.88 bits per heavy atom. The summed E-state index contributed by atoms with van der Waals surface area (Å²) in [6.07, 6.45) is 2.71. The number of ether oxygens (including phenoxy) is 1. The third kappa shape index (κ3) is 2.20. The molecule has 0 radical (unpaired) electrons. The molecule has 0 unspecified atom stereocenters. The van der Waals surface area contributed by atoms with Gasteiger partial charge in [0.05, 0.1) is 11.2 Å². The number of halogens is 2. The van der Waals surface area contributed by atoms with Crippen molar-refractivity contribution >= 4 is 17.3 Å². The highest BCUT2D eigenvalue weighted by Gasteiger charge is 2.06. The molecule has 0 aliphatic heterocycles. The summed E-state index contributed by atoms with van der Waals surface area (Å²) in [5.41, 5.74) is 5.87. The lowest BCUT2D eigenvalue weighted by Crippen LogP contribution is -1.95. The van der Waals surface area contributed by atoms with Gasteiger partial charge in [0.1, 0.15) is 23.6 Å². The van der Waals surface area contributed by atoms with E-state index in [1.54, 1.807) is 0 Å². The van der Waals surface area contributed by atoms with Gasteiger partial charge in [0.25, 0.3) is 0 Å². The van der Waals surface area contributed by atoms with Crippen molar-refractivity contribution in [1.29, 1.82) is 0 Å². The van der Waals surface area contributed by atoms with Crippen LogP contribution in [0.5, 0.6) is 11.6 Å². The lowest BCUT2D eigenvalue weighted by molar-refractivity contribution is 0.462. The molecule has 1 aromatic carbocycles. The van der Waals surface area contributed by atoms with Crippen molar-refractivity contribution in [2.45, 2.75) is 0 Å². The van der Waals surface area contributed by atoms with Crippen LogP contribution in [-0.2, 0) is 0 Å². The predicted octanol–water partition coefficient (Wildman–Crippen LogP) is 2.64. The van der Waals surface area contributed by atoms with Gasteiger partial charge < -0.3 is 10.5 Å². The largest absolute Gasteiger partial charge is 0.437 e. The summed E-state index contributed by atoms with van der Waals surface area (Å²) in [7, 11) is 0. The highest BCUT2D eigenvalue weighted by atomic mass is 35.5. The fourth-order valence-electron chi connectivity index (χ4n) is 1.07. The van der Waals surface area contributed by atoms with Gasteiger partial charge >= 0.3 is 0 Å². The van der Waals surface area contributed by atoms with Gasteiger partial charge in [0.15, 0.2) is 0 Å². The Bertz CT molecular complexity index is 521. The highest BCUT2D eigenvalue weighted by Crippen LogP contribution is 2.27. The SMILES string of the molecule is Nc1cncnc1Oc1ccc(F)c(Cl)c1. The highest BCUT2D eigenvalue weighted by molar-refractivity contribution is 6.30. The molecule has 0 atom stereocenters. The predicted molar refractivity (Wildman–Crippen MR) is 57.9 cm³/mol. The average Bonchev–Trinajstić information content (AvgIpc) is 2.27. The minimum absolute atomic E-state index is 0.0230. The van der Waals surface area contributed by atoms with E-state index in [9.17, 15) is 4.39 Å². The first-order valence-electron chi connectivity index (χ1n) is 4.35. The van der Waals surface area contributed by atoms with Crippen LogP contribution in [0.4, 0.5) is 10.1 Å². The maximum absolute atomic E-state index is 12.9. The monoisotopic (exact) mass is 239 g/mol. The Labute approximate surface area is 95.9 Å². The molecule has 0 saturated carbocycles. The molecule has 1 heterocycles. The van der Waals surface area contributed by atoms with Gasteiger partial charge in [0.2, 0.25) is 5.88 Å². The van der Waals surface area contributed by atoms with Crippen molar-refractivity contribution in [2.24, 2.45) is 0 Å². The fourth-order valence-corrected chi connectivity index (χ4v) is 1.24. The molecule has 2 rings (SSSR count). The van der Waals surface area contributed by atoms with Crippen LogP contribution in [0.1, 0.15) is 0 Å². The first kappa shape index (κ1) is 10.6. The van der Waals surface area contributed by atoms with Gasteiger partial charge in [-0.25, -0.2) is 9.37 Å². The summed E-state index contributed by atoms with van der Waals surface area (Å²) in [6, 6.07) is 3.98. The van der Waals surface area contributed by atoms with Crippen molar-refractivity contribution in [2.75, 3.05) is 5.73 Å². The van der Waals surface area contributed by atoms with Crippen molar-refractivity contribution in [3.8, 4) is 11.6 Å². The number of nitrogen functional groups attached to an aromatic ring is 1. The first-order chi connectivity index (χ1) is 7.66. The molecule has 0 aliphatic carbocycles. The van der Waals surface area contributed by atoms with Crippen LogP contribution in [0.3, 0.4) is 0 Å².